The predicted molar refractivity (Wildman–Crippen MR) is 117 cm³/mol. The van der Waals surface area contributed by atoms with Crippen LogP contribution in [0.3, 0.4) is 0 Å². The molecule has 0 aromatic heterocycles. The molecule has 8 nitrogen and oxygen atoms in total. The lowest BCUT2D eigenvalue weighted by Gasteiger charge is -2.51. The maximum atomic E-state index is 13.5. The molecule has 2 aliphatic heterocycles. The van der Waals surface area contributed by atoms with Crippen molar-refractivity contribution in [2.45, 2.75) is 70.2 Å². The van der Waals surface area contributed by atoms with Crippen LogP contribution in [0.15, 0.2) is 30.3 Å². The Bertz CT molecular complexity index is 764. The summed E-state index contributed by atoms with van der Waals surface area (Å²) >= 11 is 0. The quantitative estimate of drug-likeness (QED) is 0.585. The predicted octanol–water partition coefficient (Wildman–Crippen LogP) is 1.94. The fourth-order valence-electron chi connectivity index (χ4n) is 4.55. The number of amides is 3. The molecule has 2 heterocycles. The van der Waals surface area contributed by atoms with Gasteiger partial charge in [-0.3, -0.25) is 9.59 Å². The highest BCUT2D eigenvalue weighted by Crippen LogP contribution is 2.32. The summed E-state index contributed by atoms with van der Waals surface area (Å²) in [7, 11) is 0. The van der Waals surface area contributed by atoms with Gasteiger partial charge in [0.2, 0.25) is 11.8 Å². The molecule has 8 heteroatoms. The molecule has 0 bridgehead atoms. The van der Waals surface area contributed by atoms with Crippen molar-refractivity contribution >= 4 is 17.9 Å². The summed E-state index contributed by atoms with van der Waals surface area (Å²) in [5, 5.41) is 9.05. The zero-order valence-electron chi connectivity index (χ0n) is 18.5. The normalized spacial score (nSPS) is 21.5. The van der Waals surface area contributed by atoms with Crippen LogP contribution in [0.4, 0.5) is 4.79 Å². The zero-order valence-corrected chi connectivity index (χ0v) is 18.5. The minimum absolute atomic E-state index is 0.118. The molecule has 2 atom stereocenters. The highest BCUT2D eigenvalue weighted by Gasteiger charge is 2.53. The summed E-state index contributed by atoms with van der Waals surface area (Å²) in [6.45, 7) is 6.07. The fraction of sp³-hybridized carbons (Fsp3) is 0.609. The number of hydrogen-bond acceptors (Lipinski definition) is 5. The van der Waals surface area contributed by atoms with Gasteiger partial charge in [0.15, 0.2) is 0 Å². The third-order valence-corrected chi connectivity index (χ3v) is 6.15. The largest absolute Gasteiger partial charge is 0.445 e. The van der Waals surface area contributed by atoms with Gasteiger partial charge in [0.1, 0.15) is 18.2 Å². The van der Waals surface area contributed by atoms with Crippen molar-refractivity contribution < 1.29 is 19.1 Å². The fourth-order valence-corrected chi connectivity index (χ4v) is 4.55. The van der Waals surface area contributed by atoms with Gasteiger partial charge < -0.3 is 25.6 Å². The van der Waals surface area contributed by atoms with E-state index in [9.17, 15) is 14.4 Å². The van der Waals surface area contributed by atoms with E-state index in [4.69, 9.17) is 4.74 Å². The van der Waals surface area contributed by atoms with Crippen molar-refractivity contribution in [3.8, 4) is 0 Å². The standard InChI is InChI=1S/C23H34N4O4/c1-3-8-18(25-22(30)31-16-17-9-6-5-7-10-17)19-20(28)27(15-4-2)23(21(29)26-19)11-13-24-14-12-23/h5-7,9-10,18-19,24H,3-4,8,11-16H2,1-2H3,(H,25,30)(H,26,29)/t18-,19-/m0/s1. The Hall–Kier alpha value is -2.61. The number of carbonyl (C=O) groups excluding carboxylic acids is 3. The lowest BCUT2D eigenvalue weighted by atomic mass is 9.81. The summed E-state index contributed by atoms with van der Waals surface area (Å²) in [6, 6.07) is 8.10. The molecule has 170 valence electrons. The van der Waals surface area contributed by atoms with Crippen molar-refractivity contribution in [1.29, 1.82) is 0 Å². The van der Waals surface area contributed by atoms with E-state index in [1.54, 1.807) is 4.90 Å². The number of ether oxygens (including phenoxy) is 1. The molecule has 2 aliphatic rings. The Labute approximate surface area is 184 Å². The summed E-state index contributed by atoms with van der Waals surface area (Å²) in [4.78, 5) is 41.0. The van der Waals surface area contributed by atoms with E-state index in [2.05, 4.69) is 16.0 Å². The van der Waals surface area contributed by atoms with Crippen LogP contribution in [0.2, 0.25) is 0 Å². The minimum atomic E-state index is -0.792. The number of carbonyl (C=O) groups is 3. The van der Waals surface area contributed by atoms with Crippen molar-refractivity contribution in [2.75, 3.05) is 19.6 Å². The Morgan fingerprint density at radius 3 is 2.55 bits per heavy atom. The van der Waals surface area contributed by atoms with Crippen LogP contribution in [0.1, 0.15) is 51.5 Å². The molecular formula is C23H34N4O4. The Morgan fingerprint density at radius 1 is 1.19 bits per heavy atom. The first-order chi connectivity index (χ1) is 15.0. The molecule has 3 amide bonds. The number of alkyl carbamates (subject to hydrolysis) is 1. The van der Waals surface area contributed by atoms with E-state index in [0.29, 0.717) is 38.9 Å². The average molecular weight is 431 g/mol. The van der Waals surface area contributed by atoms with Gasteiger partial charge in [0.25, 0.3) is 0 Å². The van der Waals surface area contributed by atoms with Crippen LogP contribution in [0.25, 0.3) is 0 Å². The van der Waals surface area contributed by atoms with Gasteiger partial charge in [-0.15, -0.1) is 0 Å². The van der Waals surface area contributed by atoms with Crippen LogP contribution in [-0.2, 0) is 20.9 Å². The number of nitrogens with one attached hydrogen (secondary N) is 3. The first kappa shape index (κ1) is 23.1. The topological polar surface area (TPSA) is 99.8 Å². The Balaban J connectivity index is 1.71. The molecule has 0 radical (unpaired) electrons. The SMILES string of the molecule is CCC[C@H](NC(=O)OCc1ccccc1)[C@@H]1NC(=O)C2(CCNCC2)N(CCC)C1=O. The van der Waals surface area contributed by atoms with E-state index in [1.165, 1.54) is 0 Å². The van der Waals surface area contributed by atoms with E-state index in [0.717, 1.165) is 18.4 Å². The maximum Gasteiger partial charge on any atom is 0.407 e. The molecule has 2 fully saturated rings. The monoisotopic (exact) mass is 430 g/mol. The Morgan fingerprint density at radius 2 is 1.90 bits per heavy atom. The number of piperidine rings is 1. The van der Waals surface area contributed by atoms with Crippen LogP contribution in [0.5, 0.6) is 0 Å². The number of benzene rings is 1. The summed E-state index contributed by atoms with van der Waals surface area (Å²) in [6.07, 6.45) is 2.70. The third-order valence-electron chi connectivity index (χ3n) is 6.15. The molecule has 2 saturated heterocycles. The lowest BCUT2D eigenvalue weighted by Crippen LogP contribution is -2.75. The number of hydrogen-bond donors (Lipinski definition) is 3. The summed E-state index contributed by atoms with van der Waals surface area (Å²) < 4.78 is 5.35. The summed E-state index contributed by atoms with van der Waals surface area (Å²) in [5.74, 6) is -0.238. The van der Waals surface area contributed by atoms with Crippen LogP contribution < -0.4 is 16.0 Å². The minimum Gasteiger partial charge on any atom is -0.445 e. The van der Waals surface area contributed by atoms with Crippen LogP contribution >= 0.6 is 0 Å². The van der Waals surface area contributed by atoms with Gasteiger partial charge in [-0.05, 0) is 44.3 Å². The van der Waals surface area contributed by atoms with Gasteiger partial charge in [-0.1, -0.05) is 50.6 Å². The molecule has 0 unspecified atom stereocenters. The highest BCUT2D eigenvalue weighted by atomic mass is 16.5. The second-order valence-electron chi connectivity index (χ2n) is 8.32. The van der Waals surface area contributed by atoms with E-state index >= 15 is 0 Å². The molecule has 31 heavy (non-hydrogen) atoms. The van der Waals surface area contributed by atoms with Crippen LogP contribution in [0, 0.1) is 0 Å². The van der Waals surface area contributed by atoms with E-state index in [1.807, 2.05) is 44.2 Å². The number of nitrogens with zero attached hydrogens (tertiary/aromatic N) is 1. The number of piperazine rings is 1. The first-order valence-corrected chi connectivity index (χ1v) is 11.3. The number of rotatable bonds is 8. The van der Waals surface area contributed by atoms with Crippen molar-refractivity contribution in [1.82, 2.24) is 20.9 Å². The molecule has 1 spiro atoms. The molecular weight excluding hydrogens is 396 g/mol. The molecule has 3 N–H and O–H groups in total. The van der Waals surface area contributed by atoms with E-state index < -0.39 is 23.7 Å². The van der Waals surface area contributed by atoms with E-state index in [-0.39, 0.29) is 18.4 Å². The van der Waals surface area contributed by atoms with Gasteiger partial charge in [0, 0.05) is 6.54 Å². The molecule has 0 saturated carbocycles. The Kier molecular flexibility index (Phi) is 7.90. The molecule has 3 rings (SSSR count). The zero-order chi connectivity index (χ0) is 22.3. The van der Waals surface area contributed by atoms with Gasteiger partial charge in [0.05, 0.1) is 6.04 Å². The first-order valence-electron chi connectivity index (χ1n) is 11.3. The van der Waals surface area contributed by atoms with Crippen molar-refractivity contribution in [3.05, 3.63) is 35.9 Å². The molecule has 0 aliphatic carbocycles. The smallest absolute Gasteiger partial charge is 0.407 e. The van der Waals surface area contributed by atoms with Crippen LogP contribution in [-0.4, -0.2) is 60.1 Å². The second-order valence-corrected chi connectivity index (χ2v) is 8.32. The molecule has 1 aromatic carbocycles. The summed E-state index contributed by atoms with van der Waals surface area (Å²) in [5.41, 5.74) is 0.0908. The third kappa shape index (κ3) is 5.18. The van der Waals surface area contributed by atoms with Gasteiger partial charge >= 0.3 is 6.09 Å². The average Bonchev–Trinajstić information content (AvgIpc) is 2.79. The maximum absolute atomic E-state index is 13.5. The van der Waals surface area contributed by atoms with Crippen molar-refractivity contribution in [2.24, 2.45) is 0 Å². The van der Waals surface area contributed by atoms with Crippen molar-refractivity contribution in [3.63, 3.8) is 0 Å². The molecule has 1 aromatic rings. The second kappa shape index (κ2) is 10.6. The highest BCUT2D eigenvalue weighted by molar-refractivity contribution is 6.00. The lowest BCUT2D eigenvalue weighted by molar-refractivity contribution is -0.160. The van der Waals surface area contributed by atoms with Gasteiger partial charge in [-0.25, -0.2) is 4.79 Å². The van der Waals surface area contributed by atoms with Gasteiger partial charge in [-0.2, -0.15) is 0 Å².